The molecular weight excluding hydrogens is 362 g/mol. The fourth-order valence-corrected chi connectivity index (χ4v) is 3.66. The molecule has 1 aromatic heterocycles. The van der Waals surface area contributed by atoms with Crippen LogP contribution in [0.5, 0.6) is 5.75 Å². The molecule has 2 atom stereocenters. The summed E-state index contributed by atoms with van der Waals surface area (Å²) in [5.74, 6) is 0.755. The molecule has 0 saturated heterocycles. The van der Waals surface area contributed by atoms with Gasteiger partial charge in [-0.25, -0.2) is 4.98 Å². The van der Waals surface area contributed by atoms with Crippen molar-refractivity contribution in [2.45, 2.75) is 38.6 Å². The van der Waals surface area contributed by atoms with Gasteiger partial charge in [0.1, 0.15) is 22.5 Å². The number of fused-ring (bicyclic) bond motifs is 1. The van der Waals surface area contributed by atoms with Gasteiger partial charge in [-0.3, -0.25) is 4.79 Å². The molecule has 1 aliphatic rings. The molecule has 3 rings (SSSR count). The lowest BCUT2D eigenvalue weighted by atomic mass is 9.86. The van der Waals surface area contributed by atoms with Crippen molar-refractivity contribution in [2.24, 2.45) is 5.92 Å². The van der Waals surface area contributed by atoms with Crippen molar-refractivity contribution in [3.8, 4) is 11.8 Å². The van der Waals surface area contributed by atoms with Crippen LogP contribution in [0, 0.1) is 17.2 Å². The standard InChI is InChI=1S/C21H22ClN3O2/c1-13-5-3-4-6-18(13)25-21(26)16(12-23)10-15-9-14-11-17(27-2)7-8-19(14)24-20(15)22/h7-11,13,18H,3-6H2,1-2H3,(H,25,26)/b16-10+/t13-,18+/m1/s1. The van der Waals surface area contributed by atoms with Gasteiger partial charge in [0.2, 0.25) is 0 Å². The third-order valence-corrected chi connectivity index (χ3v) is 5.40. The van der Waals surface area contributed by atoms with E-state index < -0.39 is 0 Å². The van der Waals surface area contributed by atoms with Gasteiger partial charge in [-0.1, -0.05) is 31.4 Å². The van der Waals surface area contributed by atoms with Gasteiger partial charge in [0.25, 0.3) is 5.91 Å². The Morgan fingerprint density at radius 2 is 2.15 bits per heavy atom. The Bertz CT molecular complexity index is 933. The molecule has 1 N–H and O–H groups in total. The number of pyridine rings is 1. The molecule has 1 fully saturated rings. The van der Waals surface area contributed by atoms with Gasteiger partial charge in [0, 0.05) is 17.0 Å². The Hall–Kier alpha value is -2.58. The fourth-order valence-electron chi connectivity index (χ4n) is 3.46. The number of benzene rings is 1. The molecule has 0 radical (unpaired) electrons. The first-order valence-corrected chi connectivity index (χ1v) is 9.46. The van der Waals surface area contributed by atoms with Crippen molar-refractivity contribution in [1.82, 2.24) is 10.3 Å². The summed E-state index contributed by atoms with van der Waals surface area (Å²) in [7, 11) is 1.59. The molecule has 0 unspecified atom stereocenters. The molecule has 2 aromatic rings. The van der Waals surface area contributed by atoms with Crippen LogP contribution in [0.1, 0.15) is 38.2 Å². The Labute approximate surface area is 164 Å². The molecule has 0 aliphatic heterocycles. The van der Waals surface area contributed by atoms with Crippen molar-refractivity contribution in [1.29, 1.82) is 5.26 Å². The van der Waals surface area contributed by atoms with Crippen molar-refractivity contribution in [3.05, 3.63) is 40.6 Å². The third-order valence-electron chi connectivity index (χ3n) is 5.10. The number of rotatable bonds is 4. The minimum Gasteiger partial charge on any atom is -0.497 e. The largest absolute Gasteiger partial charge is 0.497 e. The third kappa shape index (κ3) is 4.40. The maximum atomic E-state index is 12.6. The molecule has 140 valence electrons. The van der Waals surface area contributed by atoms with Gasteiger partial charge in [-0.15, -0.1) is 0 Å². The second kappa shape index (κ2) is 8.41. The van der Waals surface area contributed by atoms with Crippen LogP contribution in [0.2, 0.25) is 5.15 Å². The van der Waals surface area contributed by atoms with E-state index in [1.165, 1.54) is 12.5 Å². The van der Waals surface area contributed by atoms with E-state index >= 15 is 0 Å². The van der Waals surface area contributed by atoms with Gasteiger partial charge in [-0.05, 0) is 49.1 Å². The van der Waals surface area contributed by atoms with Crippen LogP contribution in [0.15, 0.2) is 29.8 Å². The maximum absolute atomic E-state index is 12.6. The number of carbonyl (C=O) groups is 1. The number of methoxy groups -OCH3 is 1. The molecule has 0 bridgehead atoms. The highest BCUT2D eigenvalue weighted by molar-refractivity contribution is 6.31. The Kier molecular flexibility index (Phi) is 5.98. The Balaban J connectivity index is 1.89. The van der Waals surface area contributed by atoms with Crippen LogP contribution in [-0.4, -0.2) is 24.0 Å². The zero-order valence-electron chi connectivity index (χ0n) is 15.5. The molecular formula is C21H22ClN3O2. The van der Waals surface area contributed by atoms with E-state index in [9.17, 15) is 10.1 Å². The summed E-state index contributed by atoms with van der Waals surface area (Å²) in [6.07, 6.45) is 5.83. The van der Waals surface area contributed by atoms with E-state index in [2.05, 4.69) is 17.2 Å². The number of nitriles is 1. The second-order valence-corrected chi connectivity index (χ2v) is 7.30. The number of nitrogens with one attached hydrogen (secondary N) is 1. The van der Waals surface area contributed by atoms with Gasteiger partial charge >= 0.3 is 0 Å². The van der Waals surface area contributed by atoms with E-state index in [-0.39, 0.29) is 22.7 Å². The average Bonchev–Trinajstić information content (AvgIpc) is 2.67. The number of hydrogen-bond donors (Lipinski definition) is 1. The summed E-state index contributed by atoms with van der Waals surface area (Å²) in [4.78, 5) is 16.9. The zero-order chi connectivity index (χ0) is 19.4. The quantitative estimate of drug-likeness (QED) is 0.479. The lowest BCUT2D eigenvalue weighted by Crippen LogP contribution is -2.41. The van der Waals surface area contributed by atoms with Crippen molar-refractivity contribution < 1.29 is 9.53 Å². The normalized spacial score (nSPS) is 20.1. The molecule has 27 heavy (non-hydrogen) atoms. The number of halogens is 1. The number of carbonyl (C=O) groups excluding carboxylic acids is 1. The predicted octanol–water partition coefficient (Wildman–Crippen LogP) is 4.50. The number of hydrogen-bond acceptors (Lipinski definition) is 4. The first kappa shape index (κ1) is 19.2. The minimum absolute atomic E-state index is 0.0266. The highest BCUT2D eigenvalue weighted by Crippen LogP contribution is 2.27. The summed E-state index contributed by atoms with van der Waals surface area (Å²) in [6, 6.07) is 9.37. The maximum Gasteiger partial charge on any atom is 0.262 e. The lowest BCUT2D eigenvalue weighted by molar-refractivity contribution is -0.118. The summed E-state index contributed by atoms with van der Waals surface area (Å²) < 4.78 is 5.23. The van der Waals surface area contributed by atoms with Crippen molar-refractivity contribution in [2.75, 3.05) is 7.11 Å². The SMILES string of the molecule is COc1ccc2nc(Cl)c(/C=C(\C#N)C(=O)N[C@H]3CCCC[C@H]3C)cc2c1. The Morgan fingerprint density at radius 1 is 1.37 bits per heavy atom. The van der Waals surface area contributed by atoms with Gasteiger partial charge in [-0.2, -0.15) is 5.26 Å². The summed E-state index contributed by atoms with van der Waals surface area (Å²) >= 11 is 6.27. The van der Waals surface area contributed by atoms with Crippen LogP contribution in [-0.2, 0) is 4.79 Å². The zero-order valence-corrected chi connectivity index (χ0v) is 16.2. The highest BCUT2D eigenvalue weighted by atomic mass is 35.5. The number of amides is 1. The molecule has 1 saturated carbocycles. The van der Waals surface area contributed by atoms with E-state index in [1.54, 1.807) is 19.2 Å². The number of aromatic nitrogens is 1. The molecule has 1 aliphatic carbocycles. The van der Waals surface area contributed by atoms with E-state index in [0.717, 1.165) is 30.2 Å². The average molecular weight is 384 g/mol. The smallest absolute Gasteiger partial charge is 0.262 e. The lowest BCUT2D eigenvalue weighted by Gasteiger charge is -2.29. The van der Waals surface area contributed by atoms with Crippen LogP contribution in [0.4, 0.5) is 0 Å². The van der Waals surface area contributed by atoms with Crippen LogP contribution >= 0.6 is 11.6 Å². The molecule has 6 heteroatoms. The highest BCUT2D eigenvalue weighted by Gasteiger charge is 2.24. The van der Waals surface area contributed by atoms with Crippen molar-refractivity contribution >= 4 is 34.5 Å². The molecule has 1 aromatic carbocycles. The molecule has 5 nitrogen and oxygen atoms in total. The fraction of sp³-hybridized carbons (Fsp3) is 0.381. The minimum atomic E-state index is -0.363. The summed E-state index contributed by atoms with van der Waals surface area (Å²) in [5.41, 5.74) is 1.27. The van der Waals surface area contributed by atoms with E-state index in [0.29, 0.717) is 17.2 Å². The van der Waals surface area contributed by atoms with E-state index in [1.807, 2.05) is 18.2 Å². The summed E-state index contributed by atoms with van der Waals surface area (Å²) in [5, 5.41) is 13.6. The Morgan fingerprint density at radius 3 is 2.85 bits per heavy atom. The second-order valence-electron chi connectivity index (χ2n) is 6.94. The van der Waals surface area contributed by atoms with Crippen LogP contribution in [0.25, 0.3) is 17.0 Å². The summed E-state index contributed by atoms with van der Waals surface area (Å²) in [6.45, 7) is 2.14. The molecule has 0 spiro atoms. The number of ether oxygens (including phenoxy) is 1. The predicted molar refractivity (Wildman–Crippen MR) is 106 cm³/mol. The van der Waals surface area contributed by atoms with Crippen molar-refractivity contribution in [3.63, 3.8) is 0 Å². The van der Waals surface area contributed by atoms with Gasteiger partial charge < -0.3 is 10.1 Å². The van der Waals surface area contributed by atoms with Crippen LogP contribution in [0.3, 0.4) is 0 Å². The first-order chi connectivity index (χ1) is 13.0. The van der Waals surface area contributed by atoms with E-state index in [4.69, 9.17) is 16.3 Å². The number of nitrogens with zero attached hydrogens (tertiary/aromatic N) is 2. The molecule has 1 amide bonds. The van der Waals surface area contributed by atoms with Gasteiger partial charge in [0.05, 0.1) is 12.6 Å². The topological polar surface area (TPSA) is 75.0 Å². The van der Waals surface area contributed by atoms with Gasteiger partial charge in [0.15, 0.2) is 0 Å². The van der Waals surface area contributed by atoms with Crippen LogP contribution < -0.4 is 10.1 Å². The monoisotopic (exact) mass is 383 g/mol. The first-order valence-electron chi connectivity index (χ1n) is 9.08. The molecule has 1 heterocycles.